The van der Waals surface area contributed by atoms with Gasteiger partial charge in [0.2, 0.25) is 11.8 Å². The highest BCUT2D eigenvalue weighted by atomic mass is 19.3. The summed E-state index contributed by atoms with van der Waals surface area (Å²) >= 11 is 0. The minimum atomic E-state index is -2.63. The van der Waals surface area contributed by atoms with Crippen molar-refractivity contribution in [3.63, 3.8) is 0 Å². The maximum atomic E-state index is 14.0. The van der Waals surface area contributed by atoms with E-state index in [0.29, 0.717) is 61.2 Å². The van der Waals surface area contributed by atoms with E-state index < -0.39 is 5.92 Å². The molecule has 0 spiro atoms. The molecule has 1 saturated carbocycles. The van der Waals surface area contributed by atoms with Gasteiger partial charge in [-0.15, -0.1) is 0 Å². The Morgan fingerprint density at radius 2 is 1.92 bits per heavy atom. The van der Waals surface area contributed by atoms with Crippen LogP contribution in [0.1, 0.15) is 84.5 Å². The molecule has 0 N–H and O–H groups in total. The highest BCUT2D eigenvalue weighted by Gasteiger charge is 2.37. The van der Waals surface area contributed by atoms with E-state index in [1.807, 2.05) is 18.2 Å². The van der Waals surface area contributed by atoms with Gasteiger partial charge in [-0.3, -0.25) is 4.79 Å². The van der Waals surface area contributed by atoms with Gasteiger partial charge in [-0.25, -0.2) is 18.7 Å². The van der Waals surface area contributed by atoms with Gasteiger partial charge in [0.1, 0.15) is 0 Å². The Morgan fingerprint density at radius 1 is 1.13 bits per heavy atom. The van der Waals surface area contributed by atoms with Gasteiger partial charge in [-0.05, 0) is 63.1 Å². The van der Waals surface area contributed by atoms with E-state index in [9.17, 15) is 13.6 Å². The fourth-order valence-electron chi connectivity index (χ4n) is 5.78. The Labute approximate surface area is 225 Å². The smallest absolute Gasteiger partial charge is 0.277 e. The van der Waals surface area contributed by atoms with E-state index in [2.05, 4.69) is 4.98 Å². The predicted octanol–water partition coefficient (Wildman–Crippen LogP) is 5.05. The van der Waals surface area contributed by atoms with Crippen molar-refractivity contribution in [1.82, 2.24) is 19.6 Å². The SMILES string of the molecule is Cc1nc2c(C3CCC(F)(F)CC3)cc(C3CCOC(c4ccnc(OCC5COC5)c4)C3)nn2c(=O)c1C. The molecule has 2 saturated heterocycles. The number of ether oxygens (including phenoxy) is 3. The Kier molecular flexibility index (Phi) is 7.09. The normalized spacial score (nSPS) is 24.0. The first-order chi connectivity index (χ1) is 18.8. The van der Waals surface area contributed by atoms with Crippen molar-refractivity contribution in [2.24, 2.45) is 5.92 Å². The summed E-state index contributed by atoms with van der Waals surface area (Å²) in [5, 5.41) is 4.78. The van der Waals surface area contributed by atoms with Gasteiger partial charge >= 0.3 is 0 Å². The lowest BCUT2D eigenvalue weighted by molar-refractivity contribution is -0.0515. The number of hydrogen-bond donors (Lipinski definition) is 0. The van der Waals surface area contributed by atoms with E-state index >= 15 is 0 Å². The lowest BCUT2D eigenvalue weighted by Gasteiger charge is -2.32. The zero-order valence-electron chi connectivity index (χ0n) is 22.4. The van der Waals surface area contributed by atoms with Crippen LogP contribution in [-0.4, -0.2) is 51.9 Å². The summed E-state index contributed by atoms with van der Waals surface area (Å²) in [6.07, 6.45) is 3.39. The largest absolute Gasteiger partial charge is 0.477 e. The first-order valence-corrected chi connectivity index (χ1v) is 13.8. The van der Waals surface area contributed by atoms with Crippen molar-refractivity contribution in [2.45, 2.75) is 76.2 Å². The molecule has 0 amide bonds. The second-order valence-corrected chi connectivity index (χ2v) is 11.2. The maximum Gasteiger partial charge on any atom is 0.277 e. The second-order valence-electron chi connectivity index (χ2n) is 11.2. The van der Waals surface area contributed by atoms with Crippen molar-refractivity contribution in [3.05, 3.63) is 62.8 Å². The summed E-state index contributed by atoms with van der Waals surface area (Å²) in [6, 6.07) is 5.88. The molecule has 3 aromatic heterocycles. The number of nitrogens with zero attached hydrogens (tertiary/aromatic N) is 4. The van der Waals surface area contributed by atoms with Crippen LogP contribution in [0.5, 0.6) is 5.88 Å². The third-order valence-electron chi connectivity index (χ3n) is 8.47. The molecule has 2 aliphatic heterocycles. The van der Waals surface area contributed by atoms with Gasteiger partial charge in [0.25, 0.3) is 5.56 Å². The van der Waals surface area contributed by atoms with Crippen LogP contribution in [0.4, 0.5) is 8.78 Å². The molecule has 8 nitrogen and oxygen atoms in total. The molecule has 3 aliphatic rings. The van der Waals surface area contributed by atoms with Gasteiger partial charge < -0.3 is 14.2 Å². The molecule has 0 aromatic carbocycles. The van der Waals surface area contributed by atoms with Gasteiger partial charge in [0, 0.05) is 60.4 Å². The molecular weight excluding hydrogens is 506 g/mol. The van der Waals surface area contributed by atoms with Gasteiger partial charge in [0.05, 0.1) is 31.6 Å². The molecule has 39 heavy (non-hydrogen) atoms. The van der Waals surface area contributed by atoms with Crippen molar-refractivity contribution < 1.29 is 23.0 Å². The quantitative estimate of drug-likeness (QED) is 0.432. The molecular formula is C29H34F2N4O4. The lowest BCUT2D eigenvalue weighted by atomic mass is 9.81. The van der Waals surface area contributed by atoms with Crippen LogP contribution in [0.15, 0.2) is 29.2 Å². The first kappa shape index (κ1) is 26.3. The summed E-state index contributed by atoms with van der Waals surface area (Å²) in [5.74, 6) is -1.72. The highest BCUT2D eigenvalue weighted by molar-refractivity contribution is 5.51. The van der Waals surface area contributed by atoms with Crippen LogP contribution in [0.25, 0.3) is 5.65 Å². The topological polar surface area (TPSA) is 87.8 Å². The summed E-state index contributed by atoms with van der Waals surface area (Å²) in [7, 11) is 0. The van der Waals surface area contributed by atoms with Gasteiger partial charge in [-0.2, -0.15) is 9.61 Å². The molecule has 6 rings (SSSR count). The number of alkyl halides is 2. The average molecular weight is 541 g/mol. The molecule has 208 valence electrons. The van der Waals surface area contributed by atoms with Crippen LogP contribution < -0.4 is 10.3 Å². The molecule has 3 aromatic rings. The molecule has 3 fully saturated rings. The zero-order valence-corrected chi connectivity index (χ0v) is 22.4. The summed E-state index contributed by atoms with van der Waals surface area (Å²) in [4.78, 5) is 22.3. The molecule has 5 heterocycles. The van der Waals surface area contributed by atoms with E-state index in [4.69, 9.17) is 24.3 Å². The van der Waals surface area contributed by atoms with Crippen LogP contribution in [0.3, 0.4) is 0 Å². The number of pyridine rings is 1. The van der Waals surface area contributed by atoms with Crippen molar-refractivity contribution in [2.75, 3.05) is 26.4 Å². The summed E-state index contributed by atoms with van der Waals surface area (Å²) in [5.41, 5.74) is 4.07. The fourth-order valence-corrected chi connectivity index (χ4v) is 5.78. The number of rotatable bonds is 6. The number of aryl methyl sites for hydroxylation is 1. The van der Waals surface area contributed by atoms with Crippen LogP contribution in [0.2, 0.25) is 0 Å². The Balaban J connectivity index is 1.30. The van der Waals surface area contributed by atoms with Gasteiger partial charge in [0.15, 0.2) is 5.65 Å². The molecule has 1 aliphatic carbocycles. The highest BCUT2D eigenvalue weighted by Crippen LogP contribution is 2.43. The zero-order chi connectivity index (χ0) is 27.1. The van der Waals surface area contributed by atoms with Crippen molar-refractivity contribution in [1.29, 1.82) is 0 Å². The minimum absolute atomic E-state index is 0.0371. The summed E-state index contributed by atoms with van der Waals surface area (Å²) < 4.78 is 46.6. The Bertz CT molecular complexity index is 1410. The molecule has 0 bridgehead atoms. The van der Waals surface area contributed by atoms with Crippen LogP contribution >= 0.6 is 0 Å². The van der Waals surface area contributed by atoms with Crippen LogP contribution in [0, 0.1) is 19.8 Å². The Hall–Kier alpha value is -2.98. The fraction of sp³-hybridized carbons (Fsp3) is 0.586. The number of halogens is 2. The first-order valence-electron chi connectivity index (χ1n) is 13.8. The predicted molar refractivity (Wildman–Crippen MR) is 140 cm³/mol. The molecule has 2 atom stereocenters. The number of aromatic nitrogens is 4. The summed E-state index contributed by atoms with van der Waals surface area (Å²) in [6.45, 7) is 6.10. The van der Waals surface area contributed by atoms with Crippen molar-refractivity contribution >= 4 is 5.65 Å². The number of hydrogen-bond acceptors (Lipinski definition) is 7. The standard InChI is InChI=1S/C29H34F2N4O4/c1-17-18(2)33-27-23(20-3-7-29(30,31)8-4-20)13-24(34-35(27)28(17)36)21-6-10-38-25(11-21)22-5-9-32-26(12-22)39-16-19-14-37-15-19/h5,9,12-13,19-21,25H,3-4,6-8,10-11,14-16H2,1-2H3. The van der Waals surface area contributed by atoms with Crippen LogP contribution in [-0.2, 0) is 9.47 Å². The van der Waals surface area contributed by atoms with E-state index in [-0.39, 0.29) is 36.3 Å². The second kappa shape index (κ2) is 10.5. The van der Waals surface area contributed by atoms with E-state index in [1.165, 1.54) is 4.52 Å². The minimum Gasteiger partial charge on any atom is -0.477 e. The van der Waals surface area contributed by atoms with Gasteiger partial charge in [-0.1, -0.05) is 0 Å². The molecule has 2 unspecified atom stereocenters. The lowest BCUT2D eigenvalue weighted by Crippen LogP contribution is -2.32. The maximum absolute atomic E-state index is 14.0. The Morgan fingerprint density at radius 3 is 2.67 bits per heavy atom. The molecule has 10 heteroatoms. The van der Waals surface area contributed by atoms with E-state index in [0.717, 1.165) is 36.5 Å². The third-order valence-corrected chi connectivity index (χ3v) is 8.47. The average Bonchev–Trinajstić information content (AvgIpc) is 2.91. The van der Waals surface area contributed by atoms with Crippen molar-refractivity contribution in [3.8, 4) is 5.88 Å². The monoisotopic (exact) mass is 540 g/mol. The van der Waals surface area contributed by atoms with E-state index in [1.54, 1.807) is 20.0 Å². The molecule has 0 radical (unpaired) electrons. The number of fused-ring (bicyclic) bond motifs is 1. The third kappa shape index (κ3) is 5.41.